The molecule has 5 rings (SSSR count). The van der Waals surface area contributed by atoms with Crippen LogP contribution < -0.4 is 5.32 Å². The Kier molecular flexibility index (Phi) is 10.4. The molecule has 1 saturated carbocycles. The zero-order valence-electron chi connectivity index (χ0n) is 24.9. The summed E-state index contributed by atoms with van der Waals surface area (Å²) in [5, 5.41) is 14.2. The number of rotatable bonds is 11. The highest BCUT2D eigenvalue weighted by Crippen LogP contribution is 2.41. The summed E-state index contributed by atoms with van der Waals surface area (Å²) in [4.78, 5) is 40.7. The van der Waals surface area contributed by atoms with Gasteiger partial charge in [0.05, 0.1) is 4.92 Å². The van der Waals surface area contributed by atoms with Gasteiger partial charge in [0.25, 0.3) is 11.6 Å². The van der Waals surface area contributed by atoms with Gasteiger partial charge in [-0.3, -0.25) is 14.9 Å². The van der Waals surface area contributed by atoms with Crippen LogP contribution in [0.3, 0.4) is 0 Å². The van der Waals surface area contributed by atoms with Crippen molar-refractivity contribution >= 4 is 17.7 Å². The van der Waals surface area contributed by atoms with Crippen LogP contribution in [0, 0.1) is 16.0 Å². The van der Waals surface area contributed by atoms with Gasteiger partial charge in [-0.2, -0.15) is 0 Å². The minimum absolute atomic E-state index is 0.000250. The van der Waals surface area contributed by atoms with Crippen LogP contribution in [0.15, 0.2) is 97.6 Å². The van der Waals surface area contributed by atoms with Gasteiger partial charge in [-0.1, -0.05) is 54.6 Å². The molecule has 1 heterocycles. The van der Waals surface area contributed by atoms with Crippen molar-refractivity contribution in [2.45, 2.75) is 50.3 Å². The summed E-state index contributed by atoms with van der Waals surface area (Å²) < 4.78 is 5.59. The minimum Gasteiger partial charge on any atom is -0.445 e. The van der Waals surface area contributed by atoms with E-state index in [0.29, 0.717) is 29.5 Å². The van der Waals surface area contributed by atoms with Crippen LogP contribution in [-0.4, -0.2) is 65.0 Å². The molecule has 1 aliphatic heterocycles. The zero-order chi connectivity index (χ0) is 30.9. The Hall–Kier alpha value is -4.50. The number of carbonyl (C=O) groups is 2. The molecule has 2 aliphatic rings. The van der Waals surface area contributed by atoms with Crippen molar-refractivity contribution in [1.29, 1.82) is 0 Å². The Balaban J connectivity index is 1.16. The average molecular weight is 597 g/mol. The van der Waals surface area contributed by atoms with Crippen molar-refractivity contribution in [3.63, 3.8) is 0 Å². The largest absolute Gasteiger partial charge is 0.445 e. The molecule has 0 bridgehead atoms. The first-order chi connectivity index (χ1) is 21.4. The number of nitro benzene ring substituents is 1. The van der Waals surface area contributed by atoms with Crippen molar-refractivity contribution in [2.75, 3.05) is 26.2 Å². The molecule has 3 atom stereocenters. The summed E-state index contributed by atoms with van der Waals surface area (Å²) in [6.45, 7) is 6.96. The molecule has 1 saturated heterocycles. The summed E-state index contributed by atoms with van der Waals surface area (Å²) in [6, 6.07) is 26.2. The Morgan fingerprint density at radius 1 is 0.977 bits per heavy atom. The number of piperidine rings is 1. The minimum atomic E-state index is -0.454. The predicted molar refractivity (Wildman–Crippen MR) is 169 cm³/mol. The first-order valence-corrected chi connectivity index (χ1v) is 15.3. The van der Waals surface area contributed by atoms with Crippen LogP contribution >= 0.6 is 0 Å². The van der Waals surface area contributed by atoms with E-state index in [9.17, 15) is 19.7 Å². The maximum atomic E-state index is 13.1. The van der Waals surface area contributed by atoms with E-state index in [1.54, 1.807) is 23.1 Å². The van der Waals surface area contributed by atoms with Crippen molar-refractivity contribution in [1.82, 2.24) is 15.1 Å². The van der Waals surface area contributed by atoms with E-state index in [1.807, 2.05) is 36.4 Å². The van der Waals surface area contributed by atoms with Gasteiger partial charge in [0.15, 0.2) is 0 Å². The molecule has 2 fully saturated rings. The molecular weight excluding hydrogens is 556 g/mol. The van der Waals surface area contributed by atoms with E-state index in [-0.39, 0.29) is 30.3 Å². The first-order valence-electron chi connectivity index (χ1n) is 15.3. The number of hydrogen-bond acceptors (Lipinski definition) is 6. The van der Waals surface area contributed by atoms with Crippen molar-refractivity contribution in [3.05, 3.63) is 124 Å². The molecule has 3 aromatic carbocycles. The molecule has 230 valence electrons. The predicted octanol–water partition coefficient (Wildman–Crippen LogP) is 6.18. The standard InChI is InChI=1S/C35H40N4O5/c1-2-19-38(35(41)44-25-26-13-15-32(16-14-26)39(42)43)31-17-20-37(21-18-31)24-29-22-30(23-33(29)27-9-5-3-6-10-27)36-34(40)28-11-7-4-8-12-28/h2-16,29-31,33H,1,17-25H2,(H,36,40)/t29-,30?,33-/m1/s1. The van der Waals surface area contributed by atoms with Crippen LogP contribution in [0.2, 0.25) is 0 Å². The topological polar surface area (TPSA) is 105 Å². The number of nitrogens with one attached hydrogen (secondary N) is 1. The second-order valence-corrected chi connectivity index (χ2v) is 11.7. The van der Waals surface area contributed by atoms with Crippen LogP contribution in [0.25, 0.3) is 0 Å². The molecule has 0 aromatic heterocycles. The van der Waals surface area contributed by atoms with Crippen LogP contribution in [-0.2, 0) is 11.3 Å². The number of likely N-dealkylation sites (tertiary alicyclic amines) is 1. The van der Waals surface area contributed by atoms with E-state index in [2.05, 4.69) is 41.1 Å². The Morgan fingerprint density at radius 2 is 1.64 bits per heavy atom. The summed E-state index contributed by atoms with van der Waals surface area (Å²) in [7, 11) is 0. The monoisotopic (exact) mass is 596 g/mol. The molecule has 2 amide bonds. The zero-order valence-corrected chi connectivity index (χ0v) is 24.9. The van der Waals surface area contributed by atoms with Crippen LogP contribution in [0.4, 0.5) is 10.5 Å². The summed E-state index contributed by atoms with van der Waals surface area (Å²) in [5.74, 6) is 0.749. The van der Waals surface area contributed by atoms with Gasteiger partial charge in [0.2, 0.25) is 0 Å². The Labute approximate surface area is 258 Å². The Morgan fingerprint density at radius 3 is 2.27 bits per heavy atom. The third kappa shape index (κ3) is 7.90. The van der Waals surface area contributed by atoms with Crippen molar-refractivity contribution < 1.29 is 19.2 Å². The highest BCUT2D eigenvalue weighted by Gasteiger charge is 2.38. The molecule has 1 N–H and O–H groups in total. The lowest BCUT2D eigenvalue weighted by Gasteiger charge is -2.39. The maximum absolute atomic E-state index is 13.1. The average Bonchev–Trinajstić information content (AvgIpc) is 3.45. The molecule has 0 radical (unpaired) electrons. The van der Waals surface area contributed by atoms with Gasteiger partial charge >= 0.3 is 6.09 Å². The highest BCUT2D eigenvalue weighted by atomic mass is 16.6. The van der Waals surface area contributed by atoms with Crippen molar-refractivity contribution in [2.24, 2.45) is 5.92 Å². The fourth-order valence-electron chi connectivity index (χ4n) is 6.61. The van der Waals surface area contributed by atoms with E-state index in [4.69, 9.17) is 4.74 Å². The number of carbonyl (C=O) groups excluding carboxylic acids is 2. The lowest BCUT2D eigenvalue weighted by atomic mass is 9.88. The first kappa shape index (κ1) is 30.9. The number of non-ortho nitro benzene ring substituents is 1. The molecule has 3 aromatic rings. The fourth-order valence-corrected chi connectivity index (χ4v) is 6.61. The van der Waals surface area contributed by atoms with Crippen LogP contribution in [0.5, 0.6) is 0 Å². The molecular formula is C35H40N4O5. The molecule has 9 nitrogen and oxygen atoms in total. The number of hydrogen-bond donors (Lipinski definition) is 1. The van der Waals surface area contributed by atoms with E-state index >= 15 is 0 Å². The van der Waals surface area contributed by atoms with Gasteiger partial charge in [0, 0.05) is 56.0 Å². The highest BCUT2D eigenvalue weighted by molar-refractivity contribution is 5.94. The van der Waals surface area contributed by atoms with Gasteiger partial charge in [0.1, 0.15) is 6.61 Å². The van der Waals surface area contributed by atoms with E-state index in [1.165, 1.54) is 17.7 Å². The lowest BCUT2D eigenvalue weighted by molar-refractivity contribution is -0.384. The third-order valence-corrected chi connectivity index (χ3v) is 8.85. The molecule has 9 heteroatoms. The van der Waals surface area contributed by atoms with Gasteiger partial charge in [-0.25, -0.2) is 4.79 Å². The molecule has 1 unspecified atom stereocenters. The van der Waals surface area contributed by atoms with E-state index < -0.39 is 11.0 Å². The number of nitro groups is 1. The number of amides is 2. The third-order valence-electron chi connectivity index (χ3n) is 8.85. The maximum Gasteiger partial charge on any atom is 0.410 e. The normalized spacial score (nSPS) is 20.5. The fraction of sp³-hybridized carbons (Fsp3) is 0.371. The second-order valence-electron chi connectivity index (χ2n) is 11.7. The lowest BCUT2D eigenvalue weighted by Crippen LogP contribution is -2.48. The SMILES string of the molecule is C=CCN(C(=O)OCc1ccc([N+](=O)[O-])cc1)C1CCN(C[C@H]2CC(NC(=O)c3ccccc3)C[C@@H]2c2ccccc2)CC1. The molecule has 44 heavy (non-hydrogen) atoms. The number of ether oxygens (including phenoxy) is 1. The van der Waals surface area contributed by atoms with Crippen LogP contribution in [0.1, 0.15) is 53.1 Å². The number of benzene rings is 3. The quantitative estimate of drug-likeness (QED) is 0.161. The van der Waals surface area contributed by atoms with Crippen molar-refractivity contribution in [3.8, 4) is 0 Å². The van der Waals surface area contributed by atoms with Gasteiger partial charge in [-0.15, -0.1) is 6.58 Å². The van der Waals surface area contributed by atoms with E-state index in [0.717, 1.165) is 45.3 Å². The van der Waals surface area contributed by atoms with Gasteiger partial charge in [-0.05, 0) is 72.9 Å². The summed E-state index contributed by atoms with van der Waals surface area (Å²) in [6.07, 6.45) is 4.81. The summed E-state index contributed by atoms with van der Waals surface area (Å²) in [5.41, 5.74) is 2.70. The van der Waals surface area contributed by atoms with Gasteiger partial charge < -0.3 is 19.9 Å². The molecule has 1 aliphatic carbocycles. The molecule has 0 spiro atoms. The Bertz CT molecular complexity index is 1410. The number of nitrogens with zero attached hydrogens (tertiary/aromatic N) is 3. The summed E-state index contributed by atoms with van der Waals surface area (Å²) >= 11 is 0. The second kappa shape index (κ2) is 14.8. The smallest absolute Gasteiger partial charge is 0.410 e.